The van der Waals surface area contributed by atoms with Gasteiger partial charge in [0.25, 0.3) is 0 Å². The second-order valence-electron chi connectivity index (χ2n) is 6.74. The topological polar surface area (TPSA) is 85.9 Å². The molecule has 1 aliphatic heterocycles. The fourth-order valence-corrected chi connectivity index (χ4v) is 3.19. The summed E-state index contributed by atoms with van der Waals surface area (Å²) in [6, 6.07) is 13.2. The Morgan fingerprint density at radius 2 is 1.69 bits per heavy atom. The summed E-state index contributed by atoms with van der Waals surface area (Å²) >= 11 is 0. The van der Waals surface area contributed by atoms with Gasteiger partial charge in [0, 0.05) is 5.56 Å². The predicted molar refractivity (Wildman–Crippen MR) is 109 cm³/mol. The molecular formula is C22H24N2O5. The maximum absolute atomic E-state index is 13.1. The molecule has 0 fully saturated rings. The number of nitrogens with one attached hydrogen (secondary N) is 2. The van der Waals surface area contributed by atoms with Crippen molar-refractivity contribution in [3.05, 3.63) is 65.2 Å². The van der Waals surface area contributed by atoms with Gasteiger partial charge in [0.15, 0.2) is 0 Å². The predicted octanol–water partition coefficient (Wildman–Crippen LogP) is 3.42. The van der Waals surface area contributed by atoms with Gasteiger partial charge in [-0.25, -0.2) is 9.59 Å². The number of carbonyl (C=O) groups is 2. The number of para-hydroxylation sites is 1. The summed E-state index contributed by atoms with van der Waals surface area (Å²) in [7, 11) is 3.12. The highest BCUT2D eigenvalue weighted by Gasteiger charge is 2.36. The van der Waals surface area contributed by atoms with Gasteiger partial charge in [-0.1, -0.05) is 18.2 Å². The molecule has 0 saturated heterocycles. The van der Waals surface area contributed by atoms with Gasteiger partial charge >= 0.3 is 12.0 Å². The first-order valence-corrected chi connectivity index (χ1v) is 9.24. The summed E-state index contributed by atoms with van der Waals surface area (Å²) in [5.74, 6) is 0.708. The fourth-order valence-electron chi connectivity index (χ4n) is 3.19. The highest BCUT2D eigenvalue weighted by Crippen LogP contribution is 2.36. The highest BCUT2D eigenvalue weighted by atomic mass is 16.5. The first kappa shape index (κ1) is 20.3. The first-order valence-electron chi connectivity index (χ1n) is 9.24. The van der Waals surface area contributed by atoms with Crippen LogP contribution < -0.4 is 20.1 Å². The molecular weight excluding hydrogens is 372 g/mol. The van der Waals surface area contributed by atoms with Crippen LogP contribution in [0.15, 0.2) is 54.1 Å². The third-order valence-corrected chi connectivity index (χ3v) is 4.46. The molecule has 7 nitrogen and oxygen atoms in total. The van der Waals surface area contributed by atoms with Crippen molar-refractivity contribution in [2.75, 3.05) is 14.2 Å². The molecule has 29 heavy (non-hydrogen) atoms. The lowest BCUT2D eigenvalue weighted by atomic mass is 9.92. The van der Waals surface area contributed by atoms with Crippen LogP contribution >= 0.6 is 0 Å². The van der Waals surface area contributed by atoms with Crippen LogP contribution in [0.3, 0.4) is 0 Å². The van der Waals surface area contributed by atoms with E-state index in [-0.39, 0.29) is 6.10 Å². The Hall–Kier alpha value is -3.48. The Morgan fingerprint density at radius 1 is 1.00 bits per heavy atom. The minimum absolute atomic E-state index is 0.299. The van der Waals surface area contributed by atoms with E-state index in [1.165, 1.54) is 0 Å². The van der Waals surface area contributed by atoms with E-state index in [1.54, 1.807) is 58.4 Å². The third kappa shape index (κ3) is 4.34. The molecule has 7 heteroatoms. The van der Waals surface area contributed by atoms with Crippen molar-refractivity contribution in [3.63, 3.8) is 0 Å². The van der Waals surface area contributed by atoms with E-state index in [0.29, 0.717) is 33.9 Å². The summed E-state index contributed by atoms with van der Waals surface area (Å²) in [6.45, 7) is 3.55. The summed E-state index contributed by atoms with van der Waals surface area (Å²) < 4.78 is 16.1. The summed E-state index contributed by atoms with van der Waals surface area (Å²) in [6.07, 6.45) is -0.317. The van der Waals surface area contributed by atoms with Gasteiger partial charge in [0.1, 0.15) is 11.5 Å². The molecule has 2 aromatic carbocycles. The SMILES string of the molecule is COc1ccc(C2=C(C(=O)OC(C)C)C(c3ccccc3OC)NC(=O)N2)cc1. The number of rotatable bonds is 6. The molecule has 0 saturated carbocycles. The number of esters is 1. The molecule has 0 radical (unpaired) electrons. The molecule has 0 aromatic heterocycles. The van der Waals surface area contributed by atoms with Crippen molar-refractivity contribution < 1.29 is 23.8 Å². The van der Waals surface area contributed by atoms with E-state index in [4.69, 9.17) is 14.2 Å². The van der Waals surface area contributed by atoms with E-state index >= 15 is 0 Å². The van der Waals surface area contributed by atoms with E-state index < -0.39 is 18.0 Å². The molecule has 2 N–H and O–H groups in total. The Bertz CT molecular complexity index is 934. The molecule has 3 rings (SSSR count). The van der Waals surface area contributed by atoms with Crippen LogP contribution in [0, 0.1) is 0 Å². The van der Waals surface area contributed by atoms with Crippen molar-refractivity contribution >= 4 is 17.7 Å². The largest absolute Gasteiger partial charge is 0.497 e. The number of benzene rings is 2. The van der Waals surface area contributed by atoms with Crippen molar-refractivity contribution in [3.8, 4) is 11.5 Å². The molecule has 1 unspecified atom stereocenters. The van der Waals surface area contributed by atoms with Crippen molar-refractivity contribution in [1.29, 1.82) is 0 Å². The van der Waals surface area contributed by atoms with Crippen LogP contribution in [0.25, 0.3) is 5.70 Å². The van der Waals surface area contributed by atoms with Crippen molar-refractivity contribution in [2.45, 2.75) is 26.0 Å². The second-order valence-corrected chi connectivity index (χ2v) is 6.74. The van der Waals surface area contributed by atoms with Crippen molar-refractivity contribution in [1.82, 2.24) is 10.6 Å². The second kappa shape index (κ2) is 8.68. The molecule has 0 bridgehead atoms. The van der Waals surface area contributed by atoms with Gasteiger partial charge in [-0.05, 0) is 49.7 Å². The number of hydrogen-bond acceptors (Lipinski definition) is 5. The molecule has 1 aliphatic rings. The first-order chi connectivity index (χ1) is 13.9. The minimum atomic E-state index is -0.733. The molecule has 0 spiro atoms. The smallest absolute Gasteiger partial charge is 0.338 e. The summed E-state index contributed by atoms with van der Waals surface area (Å²) in [4.78, 5) is 25.5. The monoisotopic (exact) mass is 396 g/mol. The number of carbonyl (C=O) groups excluding carboxylic acids is 2. The number of amides is 2. The lowest BCUT2D eigenvalue weighted by molar-refractivity contribution is -0.143. The van der Waals surface area contributed by atoms with Crippen LogP contribution in [0.1, 0.15) is 31.0 Å². The molecule has 1 heterocycles. The van der Waals surface area contributed by atoms with Gasteiger partial charge in [-0.3, -0.25) is 0 Å². The van der Waals surface area contributed by atoms with Crippen LogP contribution in [-0.4, -0.2) is 32.3 Å². The number of urea groups is 1. The van der Waals surface area contributed by atoms with Crippen LogP contribution in [0.5, 0.6) is 11.5 Å². The van der Waals surface area contributed by atoms with Gasteiger partial charge in [-0.2, -0.15) is 0 Å². The highest BCUT2D eigenvalue weighted by molar-refractivity contribution is 6.04. The zero-order valence-electron chi connectivity index (χ0n) is 16.8. The van der Waals surface area contributed by atoms with Crippen LogP contribution in [0.2, 0.25) is 0 Å². The summed E-state index contributed by atoms with van der Waals surface area (Å²) in [5.41, 5.74) is 2.01. The van der Waals surface area contributed by atoms with Gasteiger partial charge in [-0.15, -0.1) is 0 Å². The van der Waals surface area contributed by atoms with Crippen LogP contribution in [-0.2, 0) is 9.53 Å². The molecule has 0 aliphatic carbocycles. The fraction of sp³-hybridized carbons (Fsp3) is 0.273. The summed E-state index contributed by atoms with van der Waals surface area (Å²) in [5, 5.41) is 5.58. The molecule has 152 valence electrons. The Morgan fingerprint density at radius 3 is 2.31 bits per heavy atom. The Balaban J connectivity index is 2.19. The number of methoxy groups -OCH3 is 2. The van der Waals surface area contributed by atoms with E-state index in [2.05, 4.69) is 10.6 Å². The third-order valence-electron chi connectivity index (χ3n) is 4.46. The van der Waals surface area contributed by atoms with Crippen LogP contribution in [0.4, 0.5) is 4.79 Å². The Kier molecular flexibility index (Phi) is 6.07. The molecule has 2 amide bonds. The van der Waals surface area contributed by atoms with Gasteiger partial charge in [0.2, 0.25) is 0 Å². The van der Waals surface area contributed by atoms with E-state index in [9.17, 15) is 9.59 Å². The van der Waals surface area contributed by atoms with E-state index in [0.717, 1.165) is 0 Å². The number of hydrogen-bond donors (Lipinski definition) is 2. The maximum atomic E-state index is 13.1. The van der Waals surface area contributed by atoms with E-state index in [1.807, 2.05) is 18.2 Å². The average molecular weight is 396 g/mol. The number of ether oxygens (including phenoxy) is 3. The molecule has 1 atom stereocenters. The standard InChI is InChI=1S/C22H24N2O5/c1-13(2)29-21(25)18-19(14-9-11-15(27-3)12-10-14)23-22(26)24-20(18)16-7-5-6-8-17(16)28-4/h5-13,20H,1-4H3,(H2,23,24,26). The lowest BCUT2D eigenvalue weighted by Gasteiger charge is -2.30. The Labute approximate surface area is 169 Å². The average Bonchev–Trinajstić information content (AvgIpc) is 2.72. The quantitative estimate of drug-likeness (QED) is 0.731. The van der Waals surface area contributed by atoms with Gasteiger partial charge < -0.3 is 24.8 Å². The lowest BCUT2D eigenvalue weighted by Crippen LogP contribution is -2.45. The zero-order valence-corrected chi connectivity index (χ0v) is 16.8. The van der Waals surface area contributed by atoms with Gasteiger partial charge in [0.05, 0.1) is 37.6 Å². The minimum Gasteiger partial charge on any atom is -0.497 e. The molecule has 2 aromatic rings. The normalized spacial score (nSPS) is 16.2. The zero-order chi connectivity index (χ0) is 21.0. The van der Waals surface area contributed by atoms with Crippen molar-refractivity contribution in [2.24, 2.45) is 0 Å². The maximum Gasteiger partial charge on any atom is 0.338 e.